The molecule has 2 rings (SSSR count). The molecule has 0 aromatic heterocycles. The van der Waals surface area contributed by atoms with E-state index in [2.05, 4.69) is 5.32 Å². The van der Waals surface area contributed by atoms with Crippen LogP contribution in [0.2, 0.25) is 0 Å². The Labute approximate surface area is 145 Å². The number of hydrogen-bond acceptors (Lipinski definition) is 5. The van der Waals surface area contributed by atoms with E-state index in [0.29, 0.717) is 29.2 Å². The molecule has 0 heterocycles. The molecule has 0 unspecified atom stereocenters. The van der Waals surface area contributed by atoms with Crippen LogP contribution < -0.4 is 10.1 Å². The van der Waals surface area contributed by atoms with Crippen molar-refractivity contribution in [1.82, 2.24) is 0 Å². The average molecular weight is 341 g/mol. The first kappa shape index (κ1) is 18.2. The zero-order chi connectivity index (χ0) is 18.2. The van der Waals surface area contributed by atoms with E-state index in [9.17, 15) is 14.4 Å². The molecule has 1 amide bonds. The summed E-state index contributed by atoms with van der Waals surface area (Å²) >= 11 is 0. The number of carbonyl (C=O) groups is 3. The van der Waals surface area contributed by atoms with Crippen LogP contribution in [0.15, 0.2) is 48.5 Å². The van der Waals surface area contributed by atoms with Gasteiger partial charge in [0, 0.05) is 11.3 Å². The molecule has 0 aliphatic heterocycles. The Morgan fingerprint density at radius 2 is 1.72 bits per heavy atom. The molecule has 6 heteroatoms. The zero-order valence-corrected chi connectivity index (χ0v) is 14.1. The fraction of sp³-hybridized carbons (Fsp3) is 0.211. The van der Waals surface area contributed by atoms with Crippen LogP contribution in [-0.4, -0.2) is 30.9 Å². The Kier molecular flexibility index (Phi) is 6.28. The summed E-state index contributed by atoms with van der Waals surface area (Å²) in [4.78, 5) is 35.1. The van der Waals surface area contributed by atoms with Gasteiger partial charge in [-0.05, 0) is 50.2 Å². The second-order valence-corrected chi connectivity index (χ2v) is 5.22. The van der Waals surface area contributed by atoms with Crippen molar-refractivity contribution >= 4 is 23.3 Å². The zero-order valence-electron chi connectivity index (χ0n) is 14.1. The summed E-state index contributed by atoms with van der Waals surface area (Å²) in [6, 6.07) is 13.0. The molecule has 6 nitrogen and oxygen atoms in total. The minimum Gasteiger partial charge on any atom is -0.494 e. The van der Waals surface area contributed by atoms with Gasteiger partial charge in [-0.15, -0.1) is 0 Å². The van der Waals surface area contributed by atoms with Crippen LogP contribution in [0.3, 0.4) is 0 Å². The lowest BCUT2D eigenvalue weighted by molar-refractivity contribution is -0.119. The quantitative estimate of drug-likeness (QED) is 0.618. The number of benzene rings is 2. The first-order chi connectivity index (χ1) is 12.0. The molecule has 0 aliphatic rings. The van der Waals surface area contributed by atoms with Gasteiger partial charge in [0.2, 0.25) is 0 Å². The monoisotopic (exact) mass is 341 g/mol. The van der Waals surface area contributed by atoms with Crippen molar-refractivity contribution in [3.05, 3.63) is 59.7 Å². The third-order valence-electron chi connectivity index (χ3n) is 3.29. The molecule has 0 atom stereocenters. The lowest BCUT2D eigenvalue weighted by Crippen LogP contribution is -2.21. The minimum absolute atomic E-state index is 0.0990. The maximum atomic E-state index is 11.9. The Morgan fingerprint density at radius 3 is 2.36 bits per heavy atom. The van der Waals surface area contributed by atoms with Gasteiger partial charge in [0.15, 0.2) is 12.4 Å². The van der Waals surface area contributed by atoms with Crippen LogP contribution in [-0.2, 0) is 9.53 Å². The lowest BCUT2D eigenvalue weighted by atomic mass is 10.1. The van der Waals surface area contributed by atoms with Crippen molar-refractivity contribution < 1.29 is 23.9 Å². The van der Waals surface area contributed by atoms with Gasteiger partial charge >= 0.3 is 5.97 Å². The summed E-state index contributed by atoms with van der Waals surface area (Å²) in [5, 5.41) is 2.58. The molecular weight excluding hydrogens is 322 g/mol. The Hall–Kier alpha value is -3.15. The molecule has 0 fully saturated rings. The van der Waals surface area contributed by atoms with Crippen LogP contribution >= 0.6 is 0 Å². The normalized spacial score (nSPS) is 10.0. The second-order valence-electron chi connectivity index (χ2n) is 5.22. The molecule has 0 spiro atoms. The summed E-state index contributed by atoms with van der Waals surface area (Å²) in [6.45, 7) is 3.43. The van der Waals surface area contributed by atoms with E-state index >= 15 is 0 Å². The van der Waals surface area contributed by atoms with Gasteiger partial charge in [0.1, 0.15) is 5.75 Å². The molecule has 0 radical (unpaired) electrons. The maximum Gasteiger partial charge on any atom is 0.338 e. The molecule has 0 bridgehead atoms. The van der Waals surface area contributed by atoms with Crippen molar-refractivity contribution in [2.24, 2.45) is 0 Å². The van der Waals surface area contributed by atoms with Crippen molar-refractivity contribution in [3.63, 3.8) is 0 Å². The maximum absolute atomic E-state index is 11.9. The predicted molar refractivity (Wildman–Crippen MR) is 93.0 cm³/mol. The highest BCUT2D eigenvalue weighted by molar-refractivity contribution is 5.98. The van der Waals surface area contributed by atoms with Gasteiger partial charge in [-0.2, -0.15) is 0 Å². The molecule has 2 aromatic rings. The molecule has 0 saturated carbocycles. The highest BCUT2D eigenvalue weighted by Crippen LogP contribution is 2.13. The molecule has 130 valence electrons. The third kappa shape index (κ3) is 5.46. The van der Waals surface area contributed by atoms with Gasteiger partial charge in [-0.1, -0.05) is 12.1 Å². The average Bonchev–Trinajstić information content (AvgIpc) is 2.61. The predicted octanol–water partition coefficient (Wildman–Crippen LogP) is 3.08. The van der Waals surface area contributed by atoms with E-state index < -0.39 is 18.5 Å². The van der Waals surface area contributed by atoms with Crippen LogP contribution in [0.5, 0.6) is 5.75 Å². The number of ether oxygens (including phenoxy) is 2. The van der Waals surface area contributed by atoms with E-state index in [-0.39, 0.29) is 5.78 Å². The van der Waals surface area contributed by atoms with Gasteiger partial charge < -0.3 is 14.8 Å². The second kappa shape index (κ2) is 8.63. The van der Waals surface area contributed by atoms with E-state index in [1.807, 2.05) is 6.92 Å². The molecule has 0 saturated heterocycles. The molecule has 1 N–H and O–H groups in total. The largest absolute Gasteiger partial charge is 0.494 e. The molecule has 0 aliphatic carbocycles. The number of hydrogen-bond donors (Lipinski definition) is 1. The number of amides is 1. The van der Waals surface area contributed by atoms with Gasteiger partial charge in [0.05, 0.1) is 12.2 Å². The number of esters is 1. The summed E-state index contributed by atoms with van der Waals surface area (Å²) in [5.41, 5.74) is 1.29. The number of ketones is 1. The van der Waals surface area contributed by atoms with E-state index in [0.717, 1.165) is 0 Å². The van der Waals surface area contributed by atoms with Gasteiger partial charge in [-0.25, -0.2) is 4.79 Å². The van der Waals surface area contributed by atoms with Crippen molar-refractivity contribution in [3.8, 4) is 5.75 Å². The lowest BCUT2D eigenvalue weighted by Gasteiger charge is -2.08. The Morgan fingerprint density at radius 1 is 1.00 bits per heavy atom. The SMILES string of the molecule is CCOc1ccc(C(=O)OCC(=O)Nc2cccc(C(C)=O)c2)cc1. The fourth-order valence-electron chi connectivity index (χ4n) is 2.08. The van der Waals surface area contributed by atoms with Crippen LogP contribution in [0.4, 0.5) is 5.69 Å². The molecule has 2 aromatic carbocycles. The third-order valence-corrected chi connectivity index (χ3v) is 3.29. The fourth-order valence-corrected chi connectivity index (χ4v) is 2.08. The molecule has 25 heavy (non-hydrogen) atoms. The highest BCUT2D eigenvalue weighted by atomic mass is 16.5. The highest BCUT2D eigenvalue weighted by Gasteiger charge is 2.11. The Balaban J connectivity index is 1.87. The van der Waals surface area contributed by atoms with E-state index in [4.69, 9.17) is 9.47 Å². The van der Waals surface area contributed by atoms with Crippen molar-refractivity contribution in [2.75, 3.05) is 18.5 Å². The van der Waals surface area contributed by atoms with Crippen LogP contribution in [0.25, 0.3) is 0 Å². The number of anilines is 1. The van der Waals surface area contributed by atoms with Gasteiger partial charge in [0.25, 0.3) is 5.91 Å². The van der Waals surface area contributed by atoms with Crippen LogP contribution in [0, 0.1) is 0 Å². The van der Waals surface area contributed by atoms with Crippen LogP contribution in [0.1, 0.15) is 34.6 Å². The topological polar surface area (TPSA) is 81.7 Å². The summed E-state index contributed by atoms with van der Waals surface area (Å²) < 4.78 is 10.3. The minimum atomic E-state index is -0.601. The number of rotatable bonds is 7. The Bertz CT molecular complexity index is 768. The summed E-state index contributed by atoms with van der Waals surface area (Å²) in [7, 11) is 0. The van der Waals surface area contributed by atoms with Gasteiger partial charge in [-0.3, -0.25) is 9.59 Å². The standard InChI is InChI=1S/C19H19NO5/c1-3-24-17-9-7-14(8-10-17)19(23)25-12-18(22)20-16-6-4-5-15(11-16)13(2)21/h4-11H,3,12H2,1-2H3,(H,20,22). The summed E-state index contributed by atoms with van der Waals surface area (Å²) in [6.07, 6.45) is 0. The smallest absolute Gasteiger partial charge is 0.338 e. The first-order valence-corrected chi connectivity index (χ1v) is 7.80. The van der Waals surface area contributed by atoms with E-state index in [1.54, 1.807) is 48.5 Å². The van der Waals surface area contributed by atoms with Crippen molar-refractivity contribution in [2.45, 2.75) is 13.8 Å². The number of Topliss-reactive ketones (excluding diaryl/α,β-unsaturated/α-hetero) is 1. The summed E-state index contributed by atoms with van der Waals surface area (Å²) in [5.74, 6) is -0.532. The number of nitrogens with one attached hydrogen (secondary N) is 1. The van der Waals surface area contributed by atoms with Crippen molar-refractivity contribution in [1.29, 1.82) is 0 Å². The molecular formula is C19H19NO5. The van der Waals surface area contributed by atoms with E-state index in [1.165, 1.54) is 6.92 Å². The number of carbonyl (C=O) groups excluding carboxylic acids is 3. The first-order valence-electron chi connectivity index (χ1n) is 7.80.